The van der Waals surface area contributed by atoms with Gasteiger partial charge in [-0.05, 0) is 12.8 Å². The van der Waals surface area contributed by atoms with Crippen LogP contribution in [0, 0.1) is 12.8 Å². The monoisotopic (exact) mass is 322 g/mol. The average molecular weight is 322 g/mol. The largest absolute Gasteiger partial charge is 0.481 e. The third kappa shape index (κ3) is 2.95. The lowest BCUT2D eigenvalue weighted by molar-refractivity contribution is 0.0119. The van der Waals surface area contributed by atoms with E-state index in [1.807, 2.05) is 11.8 Å². The quantitative estimate of drug-likeness (QED) is 0.812. The van der Waals surface area contributed by atoms with E-state index in [0.717, 1.165) is 45.1 Å². The summed E-state index contributed by atoms with van der Waals surface area (Å²) in [6, 6.07) is 0.408. The Morgan fingerprint density at radius 1 is 1.30 bits per heavy atom. The summed E-state index contributed by atoms with van der Waals surface area (Å²) in [5.41, 5.74) is 1.31. The summed E-state index contributed by atoms with van der Waals surface area (Å²) >= 11 is 0. The summed E-state index contributed by atoms with van der Waals surface area (Å²) in [6.45, 7) is 9.09. The number of carbonyl (C=O) groups excluding carboxylic acids is 1. The number of ether oxygens (including phenoxy) is 2. The molecule has 1 aromatic rings. The first-order valence-corrected chi connectivity index (χ1v) is 8.21. The van der Waals surface area contributed by atoms with Crippen LogP contribution in [-0.2, 0) is 11.8 Å². The molecule has 3 heterocycles. The van der Waals surface area contributed by atoms with E-state index in [1.54, 1.807) is 18.8 Å². The van der Waals surface area contributed by atoms with Crippen LogP contribution >= 0.6 is 0 Å². The van der Waals surface area contributed by atoms with Gasteiger partial charge in [0.25, 0.3) is 5.91 Å². The number of nitrogens with zero attached hydrogens (tertiary/aromatic N) is 4. The van der Waals surface area contributed by atoms with Crippen LogP contribution in [0.25, 0.3) is 0 Å². The second-order valence-electron chi connectivity index (χ2n) is 6.50. The molecule has 2 aliphatic rings. The standard InChI is InChI=1S/C16H26N4O3/c1-11-9-20(10-13(11)19-5-7-23-8-6-19)15(21)14-12(2)17-18(3)16(14)22-4/h11,13H,5-10H2,1-4H3/t11-,13-/m0/s1. The highest BCUT2D eigenvalue weighted by molar-refractivity contribution is 5.97. The van der Waals surface area contributed by atoms with Gasteiger partial charge < -0.3 is 14.4 Å². The summed E-state index contributed by atoms with van der Waals surface area (Å²) in [6.07, 6.45) is 0. The van der Waals surface area contributed by atoms with Crippen molar-refractivity contribution in [3.8, 4) is 5.88 Å². The fourth-order valence-electron chi connectivity index (χ4n) is 3.78. The number of likely N-dealkylation sites (tertiary alicyclic amines) is 1. The van der Waals surface area contributed by atoms with Crippen molar-refractivity contribution < 1.29 is 14.3 Å². The highest BCUT2D eigenvalue weighted by atomic mass is 16.5. The van der Waals surface area contributed by atoms with E-state index in [4.69, 9.17) is 9.47 Å². The first kappa shape index (κ1) is 16.3. The van der Waals surface area contributed by atoms with E-state index in [9.17, 15) is 4.79 Å². The van der Waals surface area contributed by atoms with Crippen LogP contribution < -0.4 is 4.74 Å². The van der Waals surface area contributed by atoms with Crippen molar-refractivity contribution in [3.05, 3.63) is 11.3 Å². The molecule has 3 rings (SSSR count). The SMILES string of the molecule is COc1c(C(=O)N2C[C@H](C)[C@@H](N3CCOCC3)C2)c(C)nn1C. The van der Waals surface area contributed by atoms with Gasteiger partial charge in [-0.15, -0.1) is 0 Å². The number of carbonyl (C=O) groups is 1. The van der Waals surface area contributed by atoms with E-state index < -0.39 is 0 Å². The molecular weight excluding hydrogens is 296 g/mol. The van der Waals surface area contributed by atoms with Gasteiger partial charge in [0.05, 0.1) is 26.0 Å². The van der Waals surface area contributed by atoms with Crippen LogP contribution in [-0.4, -0.2) is 78.0 Å². The Labute approximate surface area is 137 Å². The van der Waals surface area contributed by atoms with Gasteiger partial charge in [0.1, 0.15) is 5.56 Å². The highest BCUT2D eigenvalue weighted by Crippen LogP contribution is 2.28. The first-order chi connectivity index (χ1) is 11.0. The predicted octanol–water partition coefficient (Wildman–Crippen LogP) is 0.530. The minimum Gasteiger partial charge on any atom is -0.481 e. The smallest absolute Gasteiger partial charge is 0.261 e. The molecule has 2 saturated heterocycles. The number of rotatable bonds is 3. The fraction of sp³-hybridized carbons (Fsp3) is 0.750. The summed E-state index contributed by atoms with van der Waals surface area (Å²) in [5, 5.41) is 4.32. The minimum atomic E-state index is 0.0232. The van der Waals surface area contributed by atoms with Crippen molar-refractivity contribution in [2.24, 2.45) is 13.0 Å². The second-order valence-corrected chi connectivity index (χ2v) is 6.50. The number of hydrogen-bond acceptors (Lipinski definition) is 5. The van der Waals surface area contributed by atoms with Crippen LogP contribution in [0.3, 0.4) is 0 Å². The van der Waals surface area contributed by atoms with Crippen LogP contribution in [0.4, 0.5) is 0 Å². The molecule has 7 heteroatoms. The van der Waals surface area contributed by atoms with Gasteiger partial charge in [0, 0.05) is 39.3 Å². The van der Waals surface area contributed by atoms with Crippen LogP contribution in [0.5, 0.6) is 5.88 Å². The molecule has 0 aromatic carbocycles. The van der Waals surface area contributed by atoms with Gasteiger partial charge in [-0.1, -0.05) is 6.92 Å². The third-order valence-corrected chi connectivity index (χ3v) is 4.95. The van der Waals surface area contributed by atoms with Gasteiger partial charge in [-0.25, -0.2) is 4.68 Å². The fourth-order valence-corrected chi connectivity index (χ4v) is 3.78. The van der Waals surface area contributed by atoms with Gasteiger partial charge in [-0.2, -0.15) is 5.10 Å². The Bertz CT molecular complexity index is 580. The number of hydrogen-bond donors (Lipinski definition) is 0. The lowest BCUT2D eigenvalue weighted by Crippen LogP contribution is -2.47. The van der Waals surface area contributed by atoms with Crippen molar-refractivity contribution in [1.82, 2.24) is 19.6 Å². The Kier molecular flexibility index (Phi) is 4.59. The Hall–Kier alpha value is -1.60. The van der Waals surface area contributed by atoms with E-state index in [2.05, 4.69) is 16.9 Å². The number of amides is 1. The zero-order valence-electron chi connectivity index (χ0n) is 14.4. The molecule has 2 fully saturated rings. The summed E-state index contributed by atoms with van der Waals surface area (Å²) < 4.78 is 12.4. The molecule has 0 saturated carbocycles. The molecule has 1 aromatic heterocycles. The Morgan fingerprint density at radius 2 is 2.00 bits per heavy atom. The minimum absolute atomic E-state index is 0.0232. The molecule has 0 aliphatic carbocycles. The molecule has 2 atom stereocenters. The van der Waals surface area contributed by atoms with Gasteiger partial charge in [0.15, 0.2) is 0 Å². The molecule has 2 aliphatic heterocycles. The molecule has 1 amide bonds. The van der Waals surface area contributed by atoms with Crippen molar-refractivity contribution in [2.45, 2.75) is 19.9 Å². The lowest BCUT2D eigenvalue weighted by atomic mass is 10.0. The van der Waals surface area contributed by atoms with Gasteiger partial charge >= 0.3 is 0 Å². The topological polar surface area (TPSA) is 59.8 Å². The normalized spacial score (nSPS) is 25.8. The molecule has 0 unspecified atom stereocenters. The maximum Gasteiger partial charge on any atom is 0.261 e. The molecule has 0 N–H and O–H groups in total. The number of aromatic nitrogens is 2. The predicted molar refractivity (Wildman–Crippen MR) is 85.7 cm³/mol. The van der Waals surface area contributed by atoms with E-state index in [1.165, 1.54) is 0 Å². The molecule has 23 heavy (non-hydrogen) atoms. The zero-order chi connectivity index (χ0) is 16.6. The van der Waals surface area contributed by atoms with Gasteiger partial charge in [-0.3, -0.25) is 9.69 Å². The van der Waals surface area contributed by atoms with E-state index >= 15 is 0 Å². The van der Waals surface area contributed by atoms with Crippen molar-refractivity contribution in [1.29, 1.82) is 0 Å². The zero-order valence-corrected chi connectivity index (χ0v) is 14.4. The third-order valence-electron chi connectivity index (χ3n) is 4.95. The highest BCUT2D eigenvalue weighted by Gasteiger charge is 2.38. The lowest BCUT2D eigenvalue weighted by Gasteiger charge is -2.33. The summed E-state index contributed by atoms with van der Waals surface area (Å²) in [5.74, 6) is 1.02. The molecule has 0 bridgehead atoms. The van der Waals surface area contributed by atoms with Crippen molar-refractivity contribution in [3.63, 3.8) is 0 Å². The van der Waals surface area contributed by atoms with E-state index in [0.29, 0.717) is 23.4 Å². The Morgan fingerprint density at radius 3 is 2.65 bits per heavy atom. The van der Waals surface area contributed by atoms with Crippen LogP contribution in [0.2, 0.25) is 0 Å². The number of morpholine rings is 1. The maximum absolute atomic E-state index is 13.0. The molecule has 128 valence electrons. The second kappa shape index (κ2) is 6.49. The molecule has 7 nitrogen and oxygen atoms in total. The molecular formula is C16H26N4O3. The number of methoxy groups -OCH3 is 1. The maximum atomic E-state index is 13.0. The molecule has 0 radical (unpaired) electrons. The van der Waals surface area contributed by atoms with Crippen molar-refractivity contribution >= 4 is 5.91 Å². The summed E-state index contributed by atoms with van der Waals surface area (Å²) in [7, 11) is 3.38. The van der Waals surface area contributed by atoms with Crippen molar-refractivity contribution in [2.75, 3.05) is 46.5 Å². The number of aryl methyl sites for hydroxylation is 2. The van der Waals surface area contributed by atoms with E-state index in [-0.39, 0.29) is 5.91 Å². The average Bonchev–Trinajstić information content (AvgIpc) is 3.07. The van der Waals surface area contributed by atoms with Crippen LogP contribution in [0.15, 0.2) is 0 Å². The van der Waals surface area contributed by atoms with Crippen LogP contribution in [0.1, 0.15) is 23.0 Å². The Balaban J connectivity index is 1.76. The first-order valence-electron chi connectivity index (χ1n) is 8.21. The van der Waals surface area contributed by atoms with Gasteiger partial charge in [0.2, 0.25) is 5.88 Å². The molecule has 0 spiro atoms. The summed E-state index contributed by atoms with van der Waals surface area (Å²) in [4.78, 5) is 17.4.